The second kappa shape index (κ2) is 8.86. The van der Waals surface area contributed by atoms with E-state index in [9.17, 15) is 14.9 Å². The first-order chi connectivity index (χ1) is 15.0. The molecule has 1 N–H and O–H groups in total. The molecule has 1 aromatic carbocycles. The molecule has 0 atom stereocenters. The number of nitrogens with zero attached hydrogens (tertiary/aromatic N) is 5. The van der Waals surface area contributed by atoms with Crippen LogP contribution >= 0.6 is 22.7 Å². The van der Waals surface area contributed by atoms with Crippen LogP contribution in [0.3, 0.4) is 0 Å². The lowest BCUT2D eigenvalue weighted by atomic mass is 10.1. The molecule has 3 heterocycles. The Hall–Kier alpha value is -3.88. The third-order valence-electron chi connectivity index (χ3n) is 3.99. The third-order valence-corrected chi connectivity index (χ3v) is 5.51. The minimum absolute atomic E-state index is 0.0401. The van der Waals surface area contributed by atoms with Crippen molar-refractivity contribution < 1.29 is 9.53 Å². The Labute approximate surface area is 183 Å². The average Bonchev–Trinajstić information content (AvgIpc) is 3.40. The van der Waals surface area contributed by atoms with E-state index in [1.54, 1.807) is 35.8 Å². The van der Waals surface area contributed by atoms with Crippen molar-refractivity contribution in [3.63, 3.8) is 0 Å². The first-order valence-electron chi connectivity index (χ1n) is 8.94. The smallest absolute Gasteiger partial charge is 0.275 e. The van der Waals surface area contributed by atoms with Crippen molar-refractivity contribution in [3.8, 4) is 11.8 Å². The van der Waals surface area contributed by atoms with E-state index in [0.29, 0.717) is 27.1 Å². The van der Waals surface area contributed by atoms with E-state index >= 15 is 0 Å². The lowest BCUT2D eigenvalue weighted by molar-refractivity contribution is -0.112. The van der Waals surface area contributed by atoms with Gasteiger partial charge in [0.2, 0.25) is 4.96 Å². The number of anilines is 1. The molecule has 4 aromatic rings. The fraction of sp³-hybridized carbons (Fsp3) is 0.100. The summed E-state index contributed by atoms with van der Waals surface area (Å²) in [6.45, 7) is 1.93. The number of benzene rings is 1. The molecule has 0 saturated carbocycles. The molecule has 0 aliphatic heterocycles. The molecule has 154 valence electrons. The summed E-state index contributed by atoms with van der Waals surface area (Å²) in [7, 11) is 0. The number of hydrogen-bond acceptors (Lipinski definition) is 9. The summed E-state index contributed by atoms with van der Waals surface area (Å²) in [6.07, 6.45) is 3.05. The van der Waals surface area contributed by atoms with E-state index < -0.39 is 5.91 Å². The maximum Gasteiger partial charge on any atom is 0.275 e. The summed E-state index contributed by atoms with van der Waals surface area (Å²) < 4.78 is 6.97. The minimum atomic E-state index is -0.524. The first-order valence-corrected chi connectivity index (χ1v) is 10.6. The van der Waals surface area contributed by atoms with E-state index in [2.05, 4.69) is 20.4 Å². The van der Waals surface area contributed by atoms with Crippen molar-refractivity contribution in [3.05, 3.63) is 74.1 Å². The second-order valence-electron chi connectivity index (χ2n) is 6.22. The van der Waals surface area contributed by atoms with Gasteiger partial charge in [0.05, 0.1) is 5.69 Å². The van der Waals surface area contributed by atoms with Crippen LogP contribution in [0.15, 0.2) is 52.3 Å². The number of nitriles is 1. The van der Waals surface area contributed by atoms with Gasteiger partial charge in [-0.3, -0.25) is 14.9 Å². The molecule has 0 unspecified atom stereocenters. The van der Waals surface area contributed by atoms with Crippen LogP contribution in [0.5, 0.6) is 5.75 Å². The van der Waals surface area contributed by atoms with E-state index in [-0.39, 0.29) is 17.7 Å². The molecule has 31 heavy (non-hydrogen) atoms. The molecule has 0 aliphatic rings. The van der Waals surface area contributed by atoms with Crippen LogP contribution in [0.25, 0.3) is 11.0 Å². The van der Waals surface area contributed by atoms with Crippen LogP contribution in [0.2, 0.25) is 0 Å². The Bertz CT molecular complexity index is 1360. The summed E-state index contributed by atoms with van der Waals surface area (Å²) >= 11 is 2.60. The quantitative estimate of drug-likeness (QED) is 0.354. The normalized spacial score (nSPS) is 11.3. The predicted molar refractivity (Wildman–Crippen MR) is 117 cm³/mol. The number of aryl methyl sites for hydroxylation is 1. The fourth-order valence-electron chi connectivity index (χ4n) is 2.61. The van der Waals surface area contributed by atoms with Crippen LogP contribution in [0, 0.1) is 18.3 Å². The highest BCUT2D eigenvalue weighted by atomic mass is 32.1. The van der Waals surface area contributed by atoms with Crippen molar-refractivity contribution in [1.82, 2.24) is 19.6 Å². The summed E-state index contributed by atoms with van der Waals surface area (Å²) in [5.74, 6) is 0.0363. The van der Waals surface area contributed by atoms with Gasteiger partial charge in [0.15, 0.2) is 5.13 Å². The highest BCUT2D eigenvalue weighted by Gasteiger charge is 2.11. The van der Waals surface area contributed by atoms with Crippen molar-refractivity contribution in [2.45, 2.75) is 13.5 Å². The van der Waals surface area contributed by atoms with Gasteiger partial charge in [-0.15, -0.1) is 11.3 Å². The van der Waals surface area contributed by atoms with Gasteiger partial charge in [0, 0.05) is 17.6 Å². The number of amides is 1. The molecule has 11 heteroatoms. The Kier molecular flexibility index (Phi) is 5.83. The van der Waals surface area contributed by atoms with Gasteiger partial charge < -0.3 is 4.74 Å². The molecular weight excluding hydrogens is 436 g/mol. The van der Waals surface area contributed by atoms with Crippen LogP contribution in [-0.2, 0) is 11.4 Å². The highest BCUT2D eigenvalue weighted by molar-refractivity contribution is 7.16. The van der Waals surface area contributed by atoms with Crippen molar-refractivity contribution in [2.24, 2.45) is 0 Å². The molecule has 3 aromatic heterocycles. The van der Waals surface area contributed by atoms with Gasteiger partial charge in [-0.2, -0.15) is 14.9 Å². The van der Waals surface area contributed by atoms with Gasteiger partial charge in [-0.25, -0.2) is 9.97 Å². The van der Waals surface area contributed by atoms with Crippen molar-refractivity contribution in [2.75, 3.05) is 5.32 Å². The zero-order valence-electron chi connectivity index (χ0n) is 16.1. The summed E-state index contributed by atoms with van der Waals surface area (Å²) in [6, 6.07) is 10.2. The average molecular weight is 451 g/mol. The van der Waals surface area contributed by atoms with E-state index in [1.165, 1.54) is 39.3 Å². The number of carbonyl (C=O) groups is 1. The third kappa shape index (κ3) is 4.82. The monoisotopic (exact) mass is 450 g/mol. The number of carbonyl (C=O) groups excluding carboxylic acids is 1. The molecule has 0 saturated heterocycles. The molecule has 4 rings (SSSR count). The lowest BCUT2D eigenvalue weighted by Gasteiger charge is -2.06. The second-order valence-corrected chi connectivity index (χ2v) is 8.27. The molecule has 0 radical (unpaired) electrons. The largest absolute Gasteiger partial charge is 0.487 e. The standard InChI is InChI=1S/C20H14N6O3S2/c1-12-25-26-17(27)9-15(23-20(26)31-12)11-29-16-4-2-13(3-5-16)8-14(10-21)18(28)24-19-22-6-7-30-19/h2-9H,11H2,1H3,(H,22,24,28). The SMILES string of the molecule is Cc1nn2c(=O)cc(COc3ccc(C=C(C#N)C(=O)Nc4nccs4)cc3)nc2s1. The number of fused-ring (bicyclic) bond motifs is 1. The predicted octanol–water partition coefficient (Wildman–Crippen LogP) is 3.04. The maximum atomic E-state index is 12.2. The van der Waals surface area contributed by atoms with Gasteiger partial charge >= 0.3 is 0 Å². The van der Waals surface area contributed by atoms with Gasteiger partial charge in [0.1, 0.15) is 29.0 Å². The molecular formula is C20H14N6O3S2. The van der Waals surface area contributed by atoms with Crippen LogP contribution < -0.4 is 15.6 Å². The number of thiazole rings is 1. The van der Waals surface area contributed by atoms with E-state index in [4.69, 9.17) is 4.74 Å². The van der Waals surface area contributed by atoms with Gasteiger partial charge in [0.25, 0.3) is 11.5 Å². The summed E-state index contributed by atoms with van der Waals surface area (Å²) in [4.78, 5) is 33.2. The van der Waals surface area contributed by atoms with E-state index in [1.807, 2.05) is 13.0 Å². The molecule has 0 aliphatic carbocycles. The highest BCUT2D eigenvalue weighted by Crippen LogP contribution is 2.18. The number of hydrogen-bond donors (Lipinski definition) is 1. The number of ether oxygens (including phenoxy) is 1. The summed E-state index contributed by atoms with van der Waals surface area (Å²) in [5, 5.41) is 18.9. The van der Waals surface area contributed by atoms with Gasteiger partial charge in [-0.05, 0) is 30.7 Å². The van der Waals surface area contributed by atoms with Crippen LogP contribution in [0.4, 0.5) is 5.13 Å². The molecule has 0 bridgehead atoms. The molecule has 0 fully saturated rings. The Morgan fingerprint density at radius 2 is 2.16 bits per heavy atom. The maximum absolute atomic E-state index is 12.2. The molecule has 9 nitrogen and oxygen atoms in total. The Morgan fingerprint density at radius 1 is 1.35 bits per heavy atom. The fourth-order valence-corrected chi connectivity index (χ4v) is 3.90. The van der Waals surface area contributed by atoms with Crippen molar-refractivity contribution in [1.29, 1.82) is 5.26 Å². The Morgan fingerprint density at radius 3 is 2.87 bits per heavy atom. The number of nitrogens with one attached hydrogen (secondary N) is 1. The van der Waals surface area contributed by atoms with E-state index in [0.717, 1.165) is 5.01 Å². The Balaban J connectivity index is 1.43. The minimum Gasteiger partial charge on any atom is -0.487 e. The summed E-state index contributed by atoms with van der Waals surface area (Å²) in [5.41, 5.74) is 0.870. The van der Waals surface area contributed by atoms with Crippen LogP contribution in [0.1, 0.15) is 16.3 Å². The van der Waals surface area contributed by atoms with Crippen LogP contribution in [-0.4, -0.2) is 25.5 Å². The zero-order valence-corrected chi connectivity index (χ0v) is 17.7. The van der Waals surface area contributed by atoms with Gasteiger partial charge in [-0.1, -0.05) is 23.5 Å². The van der Waals surface area contributed by atoms with Crippen molar-refractivity contribution >= 4 is 44.7 Å². The lowest BCUT2D eigenvalue weighted by Crippen LogP contribution is -2.16. The number of rotatable bonds is 6. The molecule has 0 spiro atoms. The first kappa shape index (κ1) is 20.4. The molecule has 1 amide bonds. The number of aromatic nitrogens is 4. The zero-order chi connectivity index (χ0) is 21.8. The topological polar surface area (TPSA) is 122 Å².